The van der Waals surface area contributed by atoms with Gasteiger partial charge in [0.2, 0.25) is 0 Å². The van der Waals surface area contributed by atoms with Gasteiger partial charge in [-0.05, 0) is 38.1 Å². The third-order valence-electron chi connectivity index (χ3n) is 4.21. The Balaban J connectivity index is 1.77. The minimum absolute atomic E-state index is 0.284. The number of hydrogen-bond acceptors (Lipinski definition) is 4. The highest BCUT2D eigenvalue weighted by Crippen LogP contribution is 2.20. The highest BCUT2D eigenvalue weighted by atomic mass is 16.5. The van der Waals surface area contributed by atoms with Crippen molar-refractivity contribution >= 4 is 11.1 Å². The topological polar surface area (TPSA) is 47.6 Å². The van der Waals surface area contributed by atoms with Crippen molar-refractivity contribution in [3.05, 3.63) is 28.7 Å². The molecule has 0 atom stereocenters. The molecule has 0 N–H and O–H groups in total. The van der Waals surface area contributed by atoms with Gasteiger partial charge in [-0.2, -0.15) is 0 Å². The van der Waals surface area contributed by atoms with Gasteiger partial charge in [-0.3, -0.25) is 4.57 Å². The molecule has 5 heteroatoms. The van der Waals surface area contributed by atoms with Crippen LogP contribution in [0.15, 0.2) is 27.4 Å². The molecule has 0 spiro atoms. The molecule has 21 heavy (non-hydrogen) atoms. The summed E-state index contributed by atoms with van der Waals surface area (Å²) in [5, 5.41) is 0. The van der Waals surface area contributed by atoms with Gasteiger partial charge in [0.15, 0.2) is 5.58 Å². The van der Waals surface area contributed by atoms with Crippen molar-refractivity contribution in [3.63, 3.8) is 0 Å². The molecular formula is C16H22N2O3. The molecule has 1 aromatic carbocycles. The largest absolute Gasteiger partial charge is 0.497 e. The normalized spacial score (nSPS) is 17.0. The fourth-order valence-corrected chi connectivity index (χ4v) is 2.99. The zero-order valence-electron chi connectivity index (χ0n) is 12.5. The molecule has 1 aromatic heterocycles. The van der Waals surface area contributed by atoms with E-state index in [1.807, 2.05) is 12.1 Å². The van der Waals surface area contributed by atoms with Crippen LogP contribution in [0.3, 0.4) is 0 Å². The van der Waals surface area contributed by atoms with E-state index in [4.69, 9.17) is 9.15 Å². The second-order valence-electron chi connectivity index (χ2n) is 5.61. The molecule has 0 amide bonds. The predicted octanol–water partition coefficient (Wildman–Crippen LogP) is 2.48. The lowest BCUT2D eigenvalue weighted by molar-refractivity contribution is 0.271. The first-order valence-corrected chi connectivity index (χ1v) is 7.67. The Morgan fingerprint density at radius 2 is 1.90 bits per heavy atom. The molecule has 0 bridgehead atoms. The van der Waals surface area contributed by atoms with E-state index in [1.54, 1.807) is 17.7 Å². The first kappa shape index (κ1) is 14.2. The summed E-state index contributed by atoms with van der Waals surface area (Å²) < 4.78 is 12.2. The van der Waals surface area contributed by atoms with Crippen molar-refractivity contribution in [2.24, 2.45) is 0 Å². The maximum atomic E-state index is 12.0. The van der Waals surface area contributed by atoms with E-state index in [1.165, 1.54) is 25.7 Å². The second kappa shape index (κ2) is 6.35. The van der Waals surface area contributed by atoms with Gasteiger partial charge in [-0.15, -0.1) is 0 Å². The summed E-state index contributed by atoms with van der Waals surface area (Å²) in [7, 11) is 1.61. The molecular weight excluding hydrogens is 268 g/mol. The molecule has 2 aromatic rings. The standard InChI is InChI=1S/C16H22N2O3/c1-20-13-6-7-14-15(12-13)21-16(19)18(14)11-10-17-8-4-2-3-5-9-17/h6-7,12H,2-5,8-11H2,1H3. The summed E-state index contributed by atoms with van der Waals surface area (Å²) in [5.74, 6) is 0.420. The first-order valence-electron chi connectivity index (χ1n) is 7.67. The van der Waals surface area contributed by atoms with Crippen LogP contribution in [0.5, 0.6) is 5.75 Å². The molecule has 0 radical (unpaired) electrons. The van der Waals surface area contributed by atoms with Crippen LogP contribution in [-0.2, 0) is 6.54 Å². The lowest BCUT2D eigenvalue weighted by atomic mass is 10.2. The number of hydrogen-bond donors (Lipinski definition) is 0. The number of benzene rings is 1. The fourth-order valence-electron chi connectivity index (χ4n) is 2.99. The molecule has 5 nitrogen and oxygen atoms in total. The van der Waals surface area contributed by atoms with Gasteiger partial charge in [0.25, 0.3) is 0 Å². The Morgan fingerprint density at radius 1 is 1.14 bits per heavy atom. The summed E-state index contributed by atoms with van der Waals surface area (Å²) in [6.07, 6.45) is 5.17. The molecule has 2 heterocycles. The van der Waals surface area contributed by atoms with Crippen LogP contribution in [0.25, 0.3) is 11.1 Å². The number of likely N-dealkylation sites (tertiary alicyclic amines) is 1. The van der Waals surface area contributed by atoms with Crippen LogP contribution >= 0.6 is 0 Å². The average molecular weight is 290 g/mol. The molecule has 1 fully saturated rings. The number of oxazole rings is 1. The van der Waals surface area contributed by atoms with Gasteiger partial charge in [0.1, 0.15) is 5.75 Å². The summed E-state index contributed by atoms with van der Waals surface area (Å²) in [5.41, 5.74) is 1.44. The second-order valence-corrected chi connectivity index (χ2v) is 5.61. The van der Waals surface area contributed by atoms with Gasteiger partial charge in [-0.25, -0.2) is 4.79 Å². The number of fused-ring (bicyclic) bond motifs is 1. The molecule has 0 saturated carbocycles. The molecule has 0 aliphatic carbocycles. The zero-order valence-corrected chi connectivity index (χ0v) is 12.5. The number of rotatable bonds is 4. The van der Waals surface area contributed by atoms with Crippen LogP contribution in [0.4, 0.5) is 0 Å². The Bertz CT molecular complexity index is 651. The van der Waals surface area contributed by atoms with Crippen LogP contribution in [0.1, 0.15) is 25.7 Å². The van der Waals surface area contributed by atoms with Gasteiger partial charge in [-0.1, -0.05) is 12.8 Å². The zero-order chi connectivity index (χ0) is 14.7. The Kier molecular flexibility index (Phi) is 4.29. The van der Waals surface area contributed by atoms with Crippen molar-refractivity contribution in [1.82, 2.24) is 9.47 Å². The van der Waals surface area contributed by atoms with E-state index >= 15 is 0 Å². The maximum absolute atomic E-state index is 12.0. The van der Waals surface area contributed by atoms with Gasteiger partial charge in [0.05, 0.1) is 12.6 Å². The minimum Gasteiger partial charge on any atom is -0.497 e. The SMILES string of the molecule is COc1ccc2c(c1)oc(=O)n2CCN1CCCCCC1. The highest BCUT2D eigenvalue weighted by molar-refractivity contribution is 5.74. The van der Waals surface area contributed by atoms with E-state index in [9.17, 15) is 4.79 Å². The predicted molar refractivity (Wildman–Crippen MR) is 81.9 cm³/mol. The molecule has 1 saturated heterocycles. The Morgan fingerprint density at radius 3 is 2.62 bits per heavy atom. The van der Waals surface area contributed by atoms with E-state index in [-0.39, 0.29) is 5.76 Å². The van der Waals surface area contributed by atoms with E-state index < -0.39 is 0 Å². The van der Waals surface area contributed by atoms with Crippen molar-refractivity contribution in [1.29, 1.82) is 0 Å². The summed E-state index contributed by atoms with van der Waals surface area (Å²) in [4.78, 5) is 14.5. The summed E-state index contributed by atoms with van der Waals surface area (Å²) in [6.45, 7) is 3.86. The monoisotopic (exact) mass is 290 g/mol. The lowest BCUT2D eigenvalue weighted by Crippen LogP contribution is -2.30. The first-order chi connectivity index (χ1) is 10.3. The van der Waals surface area contributed by atoms with Crippen LogP contribution < -0.4 is 10.5 Å². The van der Waals surface area contributed by atoms with Crippen molar-refractivity contribution in [3.8, 4) is 5.75 Å². The van der Waals surface area contributed by atoms with Crippen LogP contribution in [-0.4, -0.2) is 36.2 Å². The van der Waals surface area contributed by atoms with Crippen LogP contribution in [0, 0.1) is 0 Å². The maximum Gasteiger partial charge on any atom is 0.419 e. The smallest absolute Gasteiger partial charge is 0.419 e. The molecule has 1 aliphatic heterocycles. The average Bonchev–Trinajstić information content (AvgIpc) is 2.68. The van der Waals surface area contributed by atoms with E-state index in [0.29, 0.717) is 17.9 Å². The van der Waals surface area contributed by atoms with Crippen LogP contribution in [0.2, 0.25) is 0 Å². The van der Waals surface area contributed by atoms with E-state index in [2.05, 4.69) is 4.90 Å². The van der Waals surface area contributed by atoms with Gasteiger partial charge >= 0.3 is 5.76 Å². The van der Waals surface area contributed by atoms with Crippen molar-refractivity contribution in [2.45, 2.75) is 32.2 Å². The number of nitrogens with zero attached hydrogens (tertiary/aromatic N) is 2. The molecule has 3 rings (SSSR count). The van der Waals surface area contributed by atoms with Gasteiger partial charge < -0.3 is 14.1 Å². The number of methoxy groups -OCH3 is 1. The molecule has 1 aliphatic rings. The van der Waals surface area contributed by atoms with Crippen molar-refractivity contribution in [2.75, 3.05) is 26.7 Å². The third kappa shape index (κ3) is 3.13. The summed E-state index contributed by atoms with van der Waals surface area (Å²) >= 11 is 0. The van der Waals surface area contributed by atoms with Gasteiger partial charge in [0, 0.05) is 19.2 Å². The highest BCUT2D eigenvalue weighted by Gasteiger charge is 2.13. The molecule has 0 unspecified atom stereocenters. The fraction of sp³-hybridized carbons (Fsp3) is 0.562. The molecule has 114 valence electrons. The van der Waals surface area contributed by atoms with Crippen molar-refractivity contribution < 1.29 is 9.15 Å². The van der Waals surface area contributed by atoms with E-state index in [0.717, 1.165) is 25.2 Å². The Hall–Kier alpha value is -1.75. The Labute approximate surface area is 124 Å². The third-order valence-corrected chi connectivity index (χ3v) is 4.21. The minimum atomic E-state index is -0.284. The quantitative estimate of drug-likeness (QED) is 0.868. The summed E-state index contributed by atoms with van der Waals surface area (Å²) in [6, 6.07) is 5.51. The number of ether oxygens (including phenoxy) is 1. The number of aromatic nitrogens is 1. The lowest BCUT2D eigenvalue weighted by Gasteiger charge is -2.19.